The highest BCUT2D eigenvalue weighted by atomic mass is 79.9. The molecule has 9 N–H and O–H groups in total. The Hall–Kier alpha value is -4.83. The van der Waals surface area contributed by atoms with Gasteiger partial charge < -0.3 is 21.9 Å². The highest BCUT2D eigenvalue weighted by Crippen LogP contribution is 2.66. The quantitative estimate of drug-likeness (QED) is 0.0460. The van der Waals surface area contributed by atoms with Crippen molar-refractivity contribution in [1.82, 2.24) is 14.2 Å². The molecule has 98 heavy (non-hydrogen) atoms. The summed E-state index contributed by atoms with van der Waals surface area (Å²) >= 11 is 9.11. The van der Waals surface area contributed by atoms with Gasteiger partial charge in [0.15, 0.2) is 23.1 Å². The fraction of sp³-hybridized carbons (Fsp3) is 0.662. The van der Waals surface area contributed by atoms with Crippen LogP contribution in [0.5, 0.6) is 5.75 Å². The topological polar surface area (TPSA) is 328 Å². The molecule has 540 valence electrons. The number of aryl methyl sites for hydroxylation is 1. The number of hydrogen-bond acceptors (Lipinski definition) is 13. The lowest BCUT2D eigenvalue weighted by Gasteiger charge is -2.59. The van der Waals surface area contributed by atoms with Gasteiger partial charge in [0.25, 0.3) is 0 Å². The Morgan fingerprint density at radius 3 is 1.27 bits per heavy atom. The Kier molecular flexibility index (Phi) is 21.5. The molecule has 0 aromatic heterocycles. The number of nitrogens with one attached hydrogen (secondary N) is 3. The Morgan fingerprint density at radius 2 is 0.908 bits per heavy atom. The van der Waals surface area contributed by atoms with Gasteiger partial charge in [-0.3, -0.25) is 28.8 Å². The summed E-state index contributed by atoms with van der Waals surface area (Å²) in [5.41, 5.74) is 13.6. The molecule has 3 amide bonds. The maximum atomic E-state index is 13.3. The van der Waals surface area contributed by atoms with Crippen LogP contribution in [0.15, 0.2) is 81.0 Å². The van der Waals surface area contributed by atoms with Gasteiger partial charge in [-0.2, -0.15) is 9.44 Å². The van der Waals surface area contributed by atoms with Gasteiger partial charge in [-0.25, -0.2) is 30.0 Å². The third kappa shape index (κ3) is 16.3. The highest BCUT2D eigenvalue weighted by molar-refractivity contribution is 9.10. The van der Waals surface area contributed by atoms with Crippen molar-refractivity contribution >= 4 is 92.7 Å². The molecular weight excluding hydrogens is 1410 g/mol. The van der Waals surface area contributed by atoms with E-state index in [9.17, 15) is 67.2 Å². The molecule has 12 fully saturated rings. The summed E-state index contributed by atoms with van der Waals surface area (Å²) in [5.74, 6) is 1.16. The van der Waals surface area contributed by atoms with E-state index in [2.05, 4.69) is 41.8 Å². The van der Waals surface area contributed by atoms with Crippen molar-refractivity contribution in [2.45, 2.75) is 215 Å². The fourth-order valence-electron chi connectivity index (χ4n) is 19.9. The minimum atomic E-state index is -5.10. The number of ketones is 3. The first-order chi connectivity index (χ1) is 45.4. The molecule has 12 aliphatic rings. The van der Waals surface area contributed by atoms with E-state index in [4.69, 9.17) is 28.8 Å². The molecule has 0 aliphatic heterocycles. The number of amides is 3. The Balaban J connectivity index is 0.000000160. The number of alkyl halides is 3. The summed E-state index contributed by atoms with van der Waals surface area (Å²) in [6, 6.07) is 16.8. The van der Waals surface area contributed by atoms with Gasteiger partial charge in [-0.1, -0.05) is 71.2 Å². The van der Waals surface area contributed by atoms with Crippen LogP contribution in [0, 0.1) is 87.3 Å². The van der Waals surface area contributed by atoms with Crippen LogP contribution in [0.4, 0.5) is 13.2 Å². The molecule has 12 aliphatic carbocycles. The monoisotopic (exact) mass is 1510 g/mol. The predicted octanol–water partition coefficient (Wildman–Crippen LogP) is 11.3. The number of carbonyl (C=O) groups is 6. The van der Waals surface area contributed by atoms with Crippen LogP contribution in [0.25, 0.3) is 0 Å². The zero-order valence-electron chi connectivity index (χ0n) is 56.8. The van der Waals surface area contributed by atoms with Crippen molar-refractivity contribution < 1.29 is 71.9 Å². The first-order valence-corrected chi connectivity index (χ1v) is 40.1. The second-order valence-corrected chi connectivity index (χ2v) is 38.7. The number of halogens is 5. The van der Waals surface area contributed by atoms with E-state index in [0.717, 1.165) is 114 Å². The Bertz CT molecular complexity index is 3920. The van der Waals surface area contributed by atoms with Gasteiger partial charge in [0, 0.05) is 45.0 Å². The Morgan fingerprint density at radius 1 is 0.541 bits per heavy atom. The third-order valence-electron chi connectivity index (χ3n) is 24.0. The molecule has 15 rings (SSSR count). The van der Waals surface area contributed by atoms with Crippen LogP contribution in [0.1, 0.15) is 182 Å². The standard InChI is InChI=1S/C25H36N2O4S.C23H28BrF3N2O5S.C23H31ClN2O4S/c1-4-5-16-6-8-20(9-7-16)32(30,31)27-24(2,3)22(28)12-21-18-10-17-11-19(21)15-25(13-17,14-18)23(26)29;1-21(2,29-35(32,33)18-4-3-15(24)7-17(18)34-23(25,26)27)19(30)8-16-13-5-12-6-14(16)11-22(9-12,10-13)20(28)31;1-22(2,26-31(29,30)13-15-5-3-4-6-19(15)24)20(27)9-18-16-7-14-8-17(18)12-23(10-14,11-16)21(25)28/h6-9,17-19,21,27H,4-5,10-15H2,1-3H3,(H2,26,29);3-4,7,12-14,16,29H,5-6,8-11H2,1-2H3,(H2,28,31);3-6,14,16-18,26H,7-13H2,1-2H3,(H2,25,28). The van der Waals surface area contributed by atoms with Crippen LogP contribution in [0.3, 0.4) is 0 Å². The minimum absolute atomic E-state index is 0.0205. The van der Waals surface area contributed by atoms with Gasteiger partial charge in [0.2, 0.25) is 47.8 Å². The number of ether oxygens (including phenoxy) is 1. The molecule has 19 nitrogen and oxygen atoms in total. The maximum Gasteiger partial charge on any atom is 0.573 e. The average molecular weight is 1510 g/mol. The molecule has 12 bridgehead atoms. The van der Waals surface area contributed by atoms with Crippen LogP contribution in [-0.2, 0) is 71.0 Å². The lowest BCUT2D eigenvalue weighted by Crippen LogP contribution is -2.57. The molecule has 3 aromatic rings. The lowest BCUT2D eigenvalue weighted by molar-refractivity contribution is -0.275. The van der Waals surface area contributed by atoms with Crippen LogP contribution in [0.2, 0.25) is 5.02 Å². The third-order valence-corrected chi connectivity index (χ3v) is 29.8. The van der Waals surface area contributed by atoms with Gasteiger partial charge in [0.1, 0.15) is 4.90 Å². The zero-order chi connectivity index (χ0) is 71.9. The number of carbonyl (C=O) groups excluding carboxylic acids is 6. The van der Waals surface area contributed by atoms with Crippen LogP contribution >= 0.6 is 27.5 Å². The lowest BCUT2D eigenvalue weighted by atomic mass is 9.45. The second-order valence-electron chi connectivity index (χ2n) is 32.3. The number of hydrogen-bond donors (Lipinski definition) is 6. The van der Waals surface area contributed by atoms with Gasteiger partial charge in [-0.05, 0) is 263 Å². The molecule has 0 spiro atoms. The van der Waals surface area contributed by atoms with Crippen molar-refractivity contribution in [2.24, 2.45) is 104 Å². The average Bonchev–Trinajstić information content (AvgIpc) is 0.738. The number of Topliss-reactive ketones (excluding diaryl/α,β-unsaturated/α-hetero) is 3. The summed E-state index contributed by atoms with van der Waals surface area (Å²) in [6.45, 7) is 11.4. The number of rotatable bonds is 25. The summed E-state index contributed by atoms with van der Waals surface area (Å²) < 4.78 is 128. The molecule has 0 heterocycles. The SMILES string of the molecule is CC(C)(NS(=O)(=O)Cc1ccccc1Cl)C(=O)CC1C2CC3CC1CC(C(N)=O)(C3)C2.CC(C)(NS(=O)(=O)c1ccc(Br)cc1OC(F)(F)F)C(=O)CC1C2CC3CC1CC(C(N)=O)(C3)C2.CCCc1ccc(S(=O)(=O)NC(C)(C)C(=O)CC2C3CC4CC2CC(C(N)=O)(C4)C3)cc1. The molecule has 6 unspecified atom stereocenters. The first-order valence-electron chi connectivity index (χ1n) is 34.3. The van der Waals surface area contributed by atoms with Crippen molar-refractivity contribution in [3.8, 4) is 5.75 Å². The summed E-state index contributed by atoms with van der Waals surface area (Å²) in [6.07, 6.45) is 10.6. The molecule has 27 heteroatoms. The summed E-state index contributed by atoms with van der Waals surface area (Å²) in [4.78, 5) is 75.8. The van der Waals surface area contributed by atoms with Crippen LogP contribution in [-0.4, -0.2) is 83.3 Å². The van der Waals surface area contributed by atoms with E-state index >= 15 is 0 Å². The van der Waals surface area contributed by atoms with E-state index in [-0.39, 0.29) is 97.0 Å². The van der Waals surface area contributed by atoms with E-state index in [1.807, 2.05) is 12.1 Å². The smallest absolute Gasteiger partial charge is 0.404 e. The van der Waals surface area contributed by atoms with Crippen LogP contribution < -0.4 is 36.1 Å². The van der Waals surface area contributed by atoms with Crippen molar-refractivity contribution in [1.29, 1.82) is 0 Å². The summed E-state index contributed by atoms with van der Waals surface area (Å²) in [5, 5.41) is 0.383. The largest absolute Gasteiger partial charge is 0.573 e. The number of benzene rings is 3. The normalized spacial score (nSPS) is 31.3. The van der Waals surface area contributed by atoms with E-state index in [1.165, 1.54) is 19.9 Å². The zero-order valence-corrected chi connectivity index (χ0v) is 61.6. The van der Waals surface area contributed by atoms with Crippen molar-refractivity contribution in [3.63, 3.8) is 0 Å². The first kappa shape index (κ1) is 75.8. The molecule has 12 saturated carbocycles. The second kappa shape index (κ2) is 27.7. The predicted molar refractivity (Wildman–Crippen MR) is 366 cm³/mol. The molecule has 3 aromatic carbocycles. The highest BCUT2D eigenvalue weighted by Gasteiger charge is 2.61. The molecular formula is C71H95BrClF3N6O13S3. The molecule has 0 saturated heterocycles. The minimum Gasteiger partial charge on any atom is -0.404 e. The van der Waals surface area contributed by atoms with Gasteiger partial charge in [-0.15, -0.1) is 13.2 Å². The van der Waals surface area contributed by atoms with E-state index in [1.54, 1.807) is 64.1 Å². The molecule has 6 atom stereocenters. The fourth-order valence-corrected chi connectivity index (χ4v) is 25.1. The Labute approximate surface area is 588 Å². The van der Waals surface area contributed by atoms with E-state index < -0.39 is 69.1 Å². The van der Waals surface area contributed by atoms with Gasteiger partial charge in [0.05, 0.1) is 27.3 Å². The van der Waals surface area contributed by atoms with E-state index in [0.29, 0.717) is 77.7 Å². The maximum absolute atomic E-state index is 13.3. The van der Waals surface area contributed by atoms with Gasteiger partial charge >= 0.3 is 6.36 Å². The number of primary amides is 3. The molecule has 0 radical (unpaired) electrons. The number of nitrogens with two attached hydrogens (primary N) is 3. The van der Waals surface area contributed by atoms with Crippen molar-refractivity contribution in [3.05, 3.63) is 87.4 Å². The summed E-state index contributed by atoms with van der Waals surface area (Å²) in [7, 11) is -12.1. The number of sulfonamides is 3. The van der Waals surface area contributed by atoms with Crippen molar-refractivity contribution in [2.75, 3.05) is 0 Å².